The summed E-state index contributed by atoms with van der Waals surface area (Å²) >= 11 is 4.73. The van der Waals surface area contributed by atoms with E-state index in [0.717, 1.165) is 4.47 Å². The Hall–Kier alpha value is -1.20. The average molecular weight is 298 g/mol. The fourth-order valence-corrected chi connectivity index (χ4v) is 2.81. The topological polar surface area (TPSA) is 39.2 Å². The first-order chi connectivity index (χ1) is 7.74. The summed E-state index contributed by atoms with van der Waals surface area (Å²) in [5, 5.41) is 1.86. The lowest BCUT2D eigenvalue weighted by atomic mass is 10.1. The number of pyridine rings is 1. The molecule has 0 amide bonds. The largest absolute Gasteiger partial charge is 0.480 e. The average Bonchev–Trinajstić information content (AvgIpc) is 2.74. The van der Waals surface area contributed by atoms with Gasteiger partial charge < -0.3 is 4.74 Å². The van der Waals surface area contributed by atoms with Gasteiger partial charge in [-0.25, -0.2) is 4.98 Å². The lowest BCUT2D eigenvalue weighted by molar-refractivity contribution is 0.103. The van der Waals surface area contributed by atoms with E-state index in [4.69, 9.17) is 4.74 Å². The van der Waals surface area contributed by atoms with Crippen molar-refractivity contribution in [2.75, 3.05) is 7.11 Å². The molecule has 0 spiro atoms. The smallest absolute Gasteiger partial charge is 0.224 e. The van der Waals surface area contributed by atoms with Crippen molar-refractivity contribution in [1.82, 2.24) is 4.98 Å². The molecule has 0 atom stereocenters. The number of nitrogens with zero attached hydrogens (tertiary/aromatic N) is 1. The van der Waals surface area contributed by atoms with E-state index in [1.807, 2.05) is 11.4 Å². The molecule has 0 aliphatic carbocycles. The lowest BCUT2D eigenvalue weighted by Gasteiger charge is -2.04. The van der Waals surface area contributed by atoms with Gasteiger partial charge in [0.2, 0.25) is 11.7 Å². The molecule has 0 radical (unpaired) electrons. The molecule has 16 heavy (non-hydrogen) atoms. The molecule has 0 unspecified atom stereocenters. The molecule has 0 bridgehead atoms. The number of ketones is 1. The number of rotatable bonds is 3. The quantitative estimate of drug-likeness (QED) is 0.817. The SMILES string of the molecule is COc1ncccc1C(=O)c1sccc1Br. The molecular weight excluding hydrogens is 290 g/mol. The van der Waals surface area contributed by atoms with Crippen molar-refractivity contribution in [3.05, 3.63) is 44.7 Å². The summed E-state index contributed by atoms with van der Waals surface area (Å²) in [5.41, 5.74) is 0.480. The predicted molar refractivity (Wildman–Crippen MR) is 66.2 cm³/mol. The van der Waals surface area contributed by atoms with Gasteiger partial charge in [-0.15, -0.1) is 11.3 Å². The number of aromatic nitrogens is 1. The summed E-state index contributed by atoms with van der Waals surface area (Å²) in [6.07, 6.45) is 1.60. The number of methoxy groups -OCH3 is 1. The van der Waals surface area contributed by atoms with Gasteiger partial charge in [-0.1, -0.05) is 0 Å². The molecule has 0 aliphatic heterocycles. The van der Waals surface area contributed by atoms with E-state index in [1.54, 1.807) is 18.3 Å². The summed E-state index contributed by atoms with van der Waals surface area (Å²) < 4.78 is 5.86. The molecular formula is C11H8BrNO2S. The molecule has 0 aromatic carbocycles. The Kier molecular flexibility index (Phi) is 3.36. The standard InChI is InChI=1S/C11H8BrNO2S/c1-15-11-7(3-2-5-13-11)9(14)10-8(12)4-6-16-10/h2-6H,1H3. The molecule has 2 rings (SSSR count). The van der Waals surface area contributed by atoms with Gasteiger partial charge in [-0.05, 0) is 39.5 Å². The molecule has 0 saturated carbocycles. The first kappa shape index (κ1) is 11.3. The van der Waals surface area contributed by atoms with E-state index in [-0.39, 0.29) is 5.78 Å². The van der Waals surface area contributed by atoms with Crippen molar-refractivity contribution >= 4 is 33.0 Å². The Balaban J connectivity index is 2.46. The monoisotopic (exact) mass is 297 g/mol. The van der Waals surface area contributed by atoms with E-state index in [2.05, 4.69) is 20.9 Å². The van der Waals surface area contributed by atoms with Crippen LogP contribution in [0.3, 0.4) is 0 Å². The van der Waals surface area contributed by atoms with Crippen molar-refractivity contribution in [1.29, 1.82) is 0 Å². The van der Waals surface area contributed by atoms with Gasteiger partial charge in [-0.3, -0.25) is 4.79 Å². The van der Waals surface area contributed by atoms with Gasteiger partial charge in [0, 0.05) is 10.7 Å². The first-order valence-electron chi connectivity index (χ1n) is 4.50. The molecule has 2 heterocycles. The highest BCUT2D eigenvalue weighted by Crippen LogP contribution is 2.27. The normalized spacial score (nSPS) is 10.1. The van der Waals surface area contributed by atoms with Crippen LogP contribution in [0.15, 0.2) is 34.2 Å². The molecule has 0 aliphatic rings. The maximum absolute atomic E-state index is 12.2. The summed E-state index contributed by atoms with van der Waals surface area (Å²) in [6.45, 7) is 0. The Bertz CT molecular complexity index is 524. The van der Waals surface area contributed by atoms with Crippen LogP contribution in [0.5, 0.6) is 5.88 Å². The van der Waals surface area contributed by atoms with Gasteiger partial charge in [0.1, 0.15) is 0 Å². The number of hydrogen-bond donors (Lipinski definition) is 0. The Morgan fingerprint density at radius 2 is 2.31 bits per heavy atom. The fourth-order valence-electron chi connectivity index (χ4n) is 1.30. The minimum absolute atomic E-state index is 0.0770. The highest BCUT2D eigenvalue weighted by molar-refractivity contribution is 9.10. The molecule has 5 heteroatoms. The molecule has 2 aromatic heterocycles. The number of carbonyl (C=O) groups is 1. The molecule has 0 N–H and O–H groups in total. The van der Waals surface area contributed by atoms with Gasteiger partial charge in [0.05, 0.1) is 17.6 Å². The Morgan fingerprint density at radius 3 is 2.94 bits per heavy atom. The third kappa shape index (κ3) is 2.01. The van der Waals surface area contributed by atoms with Crippen LogP contribution in [0.1, 0.15) is 15.2 Å². The van der Waals surface area contributed by atoms with E-state index in [1.165, 1.54) is 18.4 Å². The third-order valence-corrected chi connectivity index (χ3v) is 3.87. The van der Waals surface area contributed by atoms with Crippen molar-refractivity contribution in [3.63, 3.8) is 0 Å². The summed E-state index contributed by atoms with van der Waals surface area (Å²) in [5.74, 6) is 0.277. The van der Waals surface area contributed by atoms with E-state index in [0.29, 0.717) is 16.3 Å². The zero-order chi connectivity index (χ0) is 11.5. The number of hydrogen-bond acceptors (Lipinski definition) is 4. The van der Waals surface area contributed by atoms with Gasteiger partial charge >= 0.3 is 0 Å². The maximum Gasteiger partial charge on any atom is 0.224 e. The van der Waals surface area contributed by atoms with Gasteiger partial charge in [0.25, 0.3) is 0 Å². The molecule has 3 nitrogen and oxygen atoms in total. The summed E-state index contributed by atoms with van der Waals surface area (Å²) in [4.78, 5) is 16.8. The predicted octanol–water partition coefficient (Wildman–Crippen LogP) is 3.15. The van der Waals surface area contributed by atoms with Crippen molar-refractivity contribution in [3.8, 4) is 5.88 Å². The second kappa shape index (κ2) is 4.76. The third-order valence-electron chi connectivity index (χ3n) is 2.03. The van der Waals surface area contributed by atoms with Crippen LogP contribution in [-0.2, 0) is 0 Å². The fraction of sp³-hybridized carbons (Fsp3) is 0.0909. The second-order valence-corrected chi connectivity index (χ2v) is 4.76. The zero-order valence-electron chi connectivity index (χ0n) is 8.44. The van der Waals surface area contributed by atoms with Crippen LogP contribution >= 0.6 is 27.3 Å². The lowest BCUT2D eigenvalue weighted by Crippen LogP contribution is -2.03. The summed E-state index contributed by atoms with van der Waals surface area (Å²) in [7, 11) is 1.50. The Morgan fingerprint density at radius 1 is 1.50 bits per heavy atom. The van der Waals surface area contributed by atoms with Crippen LogP contribution in [0.25, 0.3) is 0 Å². The van der Waals surface area contributed by atoms with Crippen molar-refractivity contribution < 1.29 is 9.53 Å². The van der Waals surface area contributed by atoms with Crippen LogP contribution in [-0.4, -0.2) is 17.9 Å². The van der Waals surface area contributed by atoms with Gasteiger partial charge in [0.15, 0.2) is 0 Å². The molecule has 0 saturated heterocycles. The molecule has 82 valence electrons. The van der Waals surface area contributed by atoms with Gasteiger partial charge in [-0.2, -0.15) is 0 Å². The Labute approximate surface area is 105 Å². The highest BCUT2D eigenvalue weighted by Gasteiger charge is 2.18. The minimum atomic E-state index is -0.0770. The van der Waals surface area contributed by atoms with E-state index < -0.39 is 0 Å². The molecule has 0 fully saturated rings. The minimum Gasteiger partial charge on any atom is -0.480 e. The summed E-state index contributed by atoms with van der Waals surface area (Å²) in [6, 6.07) is 5.28. The number of thiophene rings is 1. The number of carbonyl (C=O) groups excluding carboxylic acids is 1. The van der Waals surface area contributed by atoms with Crippen molar-refractivity contribution in [2.45, 2.75) is 0 Å². The van der Waals surface area contributed by atoms with Crippen molar-refractivity contribution in [2.24, 2.45) is 0 Å². The maximum atomic E-state index is 12.2. The van der Waals surface area contributed by atoms with Crippen LogP contribution < -0.4 is 4.74 Å². The molecule has 2 aromatic rings. The number of halogens is 1. The highest BCUT2D eigenvalue weighted by atomic mass is 79.9. The van der Waals surface area contributed by atoms with E-state index in [9.17, 15) is 4.79 Å². The van der Waals surface area contributed by atoms with Crippen LogP contribution in [0.4, 0.5) is 0 Å². The van der Waals surface area contributed by atoms with Crippen LogP contribution in [0, 0.1) is 0 Å². The van der Waals surface area contributed by atoms with Crippen LogP contribution in [0.2, 0.25) is 0 Å². The number of ether oxygens (including phenoxy) is 1. The first-order valence-corrected chi connectivity index (χ1v) is 6.18. The zero-order valence-corrected chi connectivity index (χ0v) is 10.8. The second-order valence-electron chi connectivity index (χ2n) is 2.99. The van der Waals surface area contributed by atoms with E-state index >= 15 is 0 Å².